The van der Waals surface area contributed by atoms with Gasteiger partial charge in [0.1, 0.15) is 5.82 Å². The molecule has 5 heteroatoms. The van der Waals surface area contributed by atoms with Gasteiger partial charge in [-0.2, -0.15) is 0 Å². The van der Waals surface area contributed by atoms with Gasteiger partial charge < -0.3 is 14.8 Å². The van der Waals surface area contributed by atoms with Crippen LogP contribution >= 0.6 is 0 Å². The van der Waals surface area contributed by atoms with Gasteiger partial charge in [0, 0.05) is 26.5 Å². The van der Waals surface area contributed by atoms with Gasteiger partial charge >= 0.3 is 5.97 Å². The second kappa shape index (κ2) is 7.85. The number of carbonyl (C=O) groups excluding carboxylic acids is 1. The van der Waals surface area contributed by atoms with Gasteiger partial charge in [0.25, 0.3) is 0 Å². The zero-order chi connectivity index (χ0) is 15.0. The third kappa shape index (κ3) is 5.57. The van der Waals surface area contributed by atoms with Crippen LogP contribution in [0.1, 0.15) is 37.6 Å². The van der Waals surface area contributed by atoms with Crippen LogP contribution in [0, 0.1) is 5.41 Å². The van der Waals surface area contributed by atoms with Crippen molar-refractivity contribution in [1.29, 1.82) is 0 Å². The maximum Gasteiger partial charge on any atom is 0.339 e. The molecule has 1 rings (SSSR count). The highest BCUT2D eigenvalue weighted by Gasteiger charge is 2.17. The topological polar surface area (TPSA) is 60.5 Å². The fourth-order valence-electron chi connectivity index (χ4n) is 1.63. The Labute approximate surface area is 120 Å². The first-order valence-corrected chi connectivity index (χ1v) is 6.84. The molecule has 0 aromatic carbocycles. The van der Waals surface area contributed by atoms with Crippen LogP contribution in [0.15, 0.2) is 18.3 Å². The summed E-state index contributed by atoms with van der Waals surface area (Å²) in [7, 11) is 1.71. The van der Waals surface area contributed by atoms with Crippen molar-refractivity contribution in [2.75, 3.05) is 32.2 Å². The van der Waals surface area contributed by atoms with Crippen LogP contribution in [-0.2, 0) is 9.47 Å². The summed E-state index contributed by atoms with van der Waals surface area (Å²) in [4.78, 5) is 15.7. The van der Waals surface area contributed by atoms with Crippen LogP contribution in [0.2, 0.25) is 0 Å². The number of hydrogen-bond acceptors (Lipinski definition) is 5. The number of anilines is 1. The van der Waals surface area contributed by atoms with E-state index >= 15 is 0 Å². The minimum Gasteiger partial charge on any atom is -0.462 e. The molecule has 0 unspecified atom stereocenters. The molecule has 1 aromatic heterocycles. The summed E-state index contributed by atoms with van der Waals surface area (Å²) >= 11 is 0. The van der Waals surface area contributed by atoms with Crippen LogP contribution in [-0.4, -0.2) is 37.8 Å². The van der Waals surface area contributed by atoms with E-state index in [9.17, 15) is 4.79 Å². The number of ether oxygens (including phenoxy) is 2. The molecule has 0 amide bonds. The normalized spacial score (nSPS) is 11.2. The molecule has 0 radical (unpaired) electrons. The molecular weight excluding hydrogens is 256 g/mol. The van der Waals surface area contributed by atoms with Crippen molar-refractivity contribution in [1.82, 2.24) is 4.98 Å². The predicted molar refractivity (Wildman–Crippen MR) is 79.0 cm³/mol. The molecule has 1 N–H and O–H groups in total. The summed E-state index contributed by atoms with van der Waals surface area (Å²) in [5, 5.41) is 3.27. The Hall–Kier alpha value is -1.62. The van der Waals surface area contributed by atoms with Gasteiger partial charge in [-0.3, -0.25) is 0 Å². The van der Waals surface area contributed by atoms with Gasteiger partial charge in [0.05, 0.1) is 12.2 Å². The third-order valence-electron chi connectivity index (χ3n) is 3.01. The van der Waals surface area contributed by atoms with Crippen molar-refractivity contribution in [2.24, 2.45) is 5.41 Å². The first-order valence-electron chi connectivity index (χ1n) is 6.84. The zero-order valence-corrected chi connectivity index (χ0v) is 12.7. The number of esters is 1. The molecule has 0 spiro atoms. The zero-order valence-electron chi connectivity index (χ0n) is 12.7. The summed E-state index contributed by atoms with van der Waals surface area (Å²) in [6.07, 6.45) is 2.50. The molecule has 5 nitrogen and oxygen atoms in total. The van der Waals surface area contributed by atoms with Crippen molar-refractivity contribution in [2.45, 2.75) is 27.2 Å². The molecule has 0 aliphatic heterocycles. The van der Waals surface area contributed by atoms with Crippen molar-refractivity contribution < 1.29 is 14.3 Å². The Bertz CT molecular complexity index is 416. The number of methoxy groups -OCH3 is 1. The maximum absolute atomic E-state index is 11.5. The molecule has 0 bridgehead atoms. The lowest BCUT2D eigenvalue weighted by molar-refractivity contribution is 0.0526. The third-order valence-corrected chi connectivity index (χ3v) is 3.01. The second-order valence-electron chi connectivity index (χ2n) is 5.41. The number of pyridine rings is 1. The maximum atomic E-state index is 11.5. The van der Waals surface area contributed by atoms with E-state index < -0.39 is 0 Å². The van der Waals surface area contributed by atoms with Gasteiger partial charge in [0.2, 0.25) is 0 Å². The Morgan fingerprint density at radius 3 is 2.70 bits per heavy atom. The van der Waals surface area contributed by atoms with E-state index in [0.717, 1.165) is 25.4 Å². The first-order chi connectivity index (χ1) is 9.48. The molecule has 0 aliphatic carbocycles. The van der Waals surface area contributed by atoms with Crippen molar-refractivity contribution in [3.63, 3.8) is 0 Å². The average Bonchev–Trinajstić information content (AvgIpc) is 2.44. The first kappa shape index (κ1) is 16.4. The molecule has 1 heterocycles. The number of hydrogen-bond donors (Lipinski definition) is 1. The van der Waals surface area contributed by atoms with Gasteiger partial charge in [0.15, 0.2) is 0 Å². The highest BCUT2D eigenvalue weighted by molar-refractivity contribution is 5.89. The van der Waals surface area contributed by atoms with Gasteiger partial charge in [-0.25, -0.2) is 9.78 Å². The lowest BCUT2D eigenvalue weighted by atomic mass is 9.90. The molecule has 0 atom stereocenters. The van der Waals surface area contributed by atoms with E-state index in [2.05, 4.69) is 24.1 Å². The molecular formula is C15H24N2O3. The number of nitrogens with zero attached hydrogens (tertiary/aromatic N) is 1. The minimum atomic E-state index is -0.341. The van der Waals surface area contributed by atoms with Crippen LogP contribution < -0.4 is 5.32 Å². The van der Waals surface area contributed by atoms with Gasteiger partial charge in [-0.1, -0.05) is 13.8 Å². The SMILES string of the molecule is CCOC(=O)c1ccc(NCC(C)(C)CCOC)nc1. The summed E-state index contributed by atoms with van der Waals surface area (Å²) in [5.74, 6) is 0.413. The quantitative estimate of drug-likeness (QED) is 0.742. The predicted octanol–water partition coefficient (Wildman–Crippen LogP) is 2.73. The number of carbonyl (C=O) groups is 1. The Morgan fingerprint density at radius 1 is 1.40 bits per heavy atom. The van der Waals surface area contributed by atoms with E-state index in [1.807, 2.05) is 0 Å². The number of aromatic nitrogens is 1. The molecule has 1 aromatic rings. The van der Waals surface area contributed by atoms with Crippen molar-refractivity contribution in [3.05, 3.63) is 23.9 Å². The van der Waals surface area contributed by atoms with Gasteiger partial charge in [-0.05, 0) is 30.9 Å². The fraction of sp³-hybridized carbons (Fsp3) is 0.600. The Balaban J connectivity index is 2.51. The van der Waals surface area contributed by atoms with Crippen molar-refractivity contribution in [3.8, 4) is 0 Å². The molecule has 0 saturated heterocycles. The highest BCUT2D eigenvalue weighted by atomic mass is 16.5. The van der Waals surface area contributed by atoms with E-state index in [4.69, 9.17) is 9.47 Å². The van der Waals surface area contributed by atoms with Crippen LogP contribution in [0.3, 0.4) is 0 Å². The summed E-state index contributed by atoms with van der Waals surface area (Å²) in [6.45, 7) is 8.03. The van der Waals surface area contributed by atoms with E-state index in [1.165, 1.54) is 6.20 Å². The summed E-state index contributed by atoms with van der Waals surface area (Å²) in [6, 6.07) is 3.51. The second-order valence-corrected chi connectivity index (χ2v) is 5.41. The smallest absolute Gasteiger partial charge is 0.339 e. The largest absolute Gasteiger partial charge is 0.462 e. The number of nitrogens with one attached hydrogen (secondary N) is 1. The van der Waals surface area contributed by atoms with Crippen molar-refractivity contribution >= 4 is 11.8 Å². The fourth-order valence-corrected chi connectivity index (χ4v) is 1.63. The van der Waals surface area contributed by atoms with E-state index in [0.29, 0.717) is 12.2 Å². The lowest BCUT2D eigenvalue weighted by Gasteiger charge is -2.24. The van der Waals surface area contributed by atoms with Gasteiger partial charge in [-0.15, -0.1) is 0 Å². The van der Waals surface area contributed by atoms with E-state index in [1.54, 1.807) is 26.2 Å². The molecule has 0 aliphatic rings. The molecule has 0 fully saturated rings. The number of rotatable bonds is 8. The van der Waals surface area contributed by atoms with Crippen LogP contribution in [0.5, 0.6) is 0 Å². The lowest BCUT2D eigenvalue weighted by Crippen LogP contribution is -2.25. The average molecular weight is 280 g/mol. The standard InChI is InChI=1S/C15H24N2O3/c1-5-20-14(18)12-6-7-13(16-10-12)17-11-15(2,3)8-9-19-4/h6-7,10H,5,8-9,11H2,1-4H3,(H,16,17). The molecule has 20 heavy (non-hydrogen) atoms. The highest BCUT2D eigenvalue weighted by Crippen LogP contribution is 2.20. The van der Waals surface area contributed by atoms with Crippen LogP contribution in [0.4, 0.5) is 5.82 Å². The van der Waals surface area contributed by atoms with Crippen LogP contribution in [0.25, 0.3) is 0 Å². The Kier molecular flexibility index (Phi) is 6.45. The van der Waals surface area contributed by atoms with E-state index in [-0.39, 0.29) is 11.4 Å². The molecule has 112 valence electrons. The summed E-state index contributed by atoms with van der Waals surface area (Å²) < 4.78 is 10.0. The minimum absolute atomic E-state index is 0.123. The molecule has 0 saturated carbocycles. The summed E-state index contributed by atoms with van der Waals surface area (Å²) in [5.41, 5.74) is 0.591. The monoisotopic (exact) mass is 280 g/mol. The Morgan fingerprint density at radius 2 is 2.15 bits per heavy atom.